The Labute approximate surface area is 196 Å². The van der Waals surface area contributed by atoms with E-state index in [0.29, 0.717) is 16.9 Å². The molecule has 1 fully saturated rings. The molecule has 0 unspecified atom stereocenters. The number of fused-ring (bicyclic) bond motifs is 1. The maximum atomic E-state index is 13.3. The van der Waals surface area contributed by atoms with E-state index in [4.69, 9.17) is 0 Å². The van der Waals surface area contributed by atoms with Gasteiger partial charge in [0.05, 0.1) is 11.1 Å². The van der Waals surface area contributed by atoms with Gasteiger partial charge in [-0.1, -0.05) is 43.7 Å². The summed E-state index contributed by atoms with van der Waals surface area (Å²) in [6.07, 6.45) is -2.83. The SMILES string of the molecule is FC(F)(F)c1cc(-c2cccc3[cH-]c(CC4CCCCC4)cc23)cc(C(F)(F)F)c1.[Zr]. The van der Waals surface area contributed by atoms with Gasteiger partial charge in [-0.3, -0.25) is 0 Å². The minimum Gasteiger partial charge on any atom is -0.166 e. The molecule has 3 aromatic carbocycles. The van der Waals surface area contributed by atoms with Gasteiger partial charge in [-0.15, -0.1) is 34.5 Å². The van der Waals surface area contributed by atoms with Crippen molar-refractivity contribution in [2.45, 2.75) is 50.9 Å². The first-order chi connectivity index (χ1) is 14.1. The quantitative estimate of drug-likeness (QED) is 0.243. The first kappa shape index (κ1) is 24.2. The van der Waals surface area contributed by atoms with Crippen molar-refractivity contribution in [1.29, 1.82) is 0 Å². The molecule has 0 nitrogen and oxygen atoms in total. The van der Waals surface area contributed by atoms with Crippen LogP contribution in [0.15, 0.2) is 48.5 Å². The van der Waals surface area contributed by atoms with Crippen LogP contribution in [0, 0.1) is 5.92 Å². The molecule has 31 heavy (non-hydrogen) atoms. The van der Waals surface area contributed by atoms with Gasteiger partial charge >= 0.3 is 12.4 Å². The largest absolute Gasteiger partial charge is 0.416 e. The fraction of sp³-hybridized carbons (Fsp3) is 0.375. The molecule has 164 valence electrons. The van der Waals surface area contributed by atoms with E-state index in [-0.39, 0.29) is 37.8 Å². The molecule has 7 heteroatoms. The van der Waals surface area contributed by atoms with Crippen molar-refractivity contribution in [1.82, 2.24) is 0 Å². The van der Waals surface area contributed by atoms with Gasteiger partial charge in [0.15, 0.2) is 0 Å². The fourth-order valence-corrected chi connectivity index (χ4v) is 4.50. The van der Waals surface area contributed by atoms with Crippen LogP contribution in [0.5, 0.6) is 0 Å². The molecule has 0 atom stereocenters. The molecular weight excluding hydrogens is 493 g/mol. The zero-order valence-corrected chi connectivity index (χ0v) is 19.2. The second-order valence-electron chi connectivity index (χ2n) is 8.17. The van der Waals surface area contributed by atoms with Crippen molar-refractivity contribution < 1.29 is 52.5 Å². The Morgan fingerprint density at radius 2 is 1.42 bits per heavy atom. The minimum absolute atomic E-state index is 0. The van der Waals surface area contributed by atoms with Crippen LogP contribution in [0.25, 0.3) is 21.9 Å². The van der Waals surface area contributed by atoms with E-state index in [1.165, 1.54) is 19.3 Å². The topological polar surface area (TPSA) is 0 Å². The summed E-state index contributed by atoms with van der Waals surface area (Å²) in [5, 5.41) is 1.53. The van der Waals surface area contributed by atoms with E-state index < -0.39 is 23.5 Å². The first-order valence-electron chi connectivity index (χ1n) is 10.1. The minimum atomic E-state index is -4.86. The molecule has 1 aliphatic rings. The molecule has 0 amide bonds. The zero-order valence-electron chi connectivity index (χ0n) is 16.7. The molecule has 0 aliphatic heterocycles. The van der Waals surface area contributed by atoms with Crippen LogP contribution in [0.1, 0.15) is 48.8 Å². The number of hydrogen-bond acceptors (Lipinski definition) is 0. The summed E-state index contributed by atoms with van der Waals surface area (Å²) >= 11 is 0. The fourth-order valence-electron chi connectivity index (χ4n) is 4.50. The Balaban J connectivity index is 0.00000272. The van der Waals surface area contributed by atoms with E-state index in [1.807, 2.05) is 18.2 Å². The van der Waals surface area contributed by atoms with E-state index in [0.717, 1.165) is 42.3 Å². The average molecular weight is 515 g/mol. The van der Waals surface area contributed by atoms with E-state index in [2.05, 4.69) is 0 Å². The summed E-state index contributed by atoms with van der Waals surface area (Å²) in [4.78, 5) is 0. The summed E-state index contributed by atoms with van der Waals surface area (Å²) in [7, 11) is 0. The molecular formula is C24H21F6Zr-. The van der Waals surface area contributed by atoms with Gasteiger partial charge < -0.3 is 0 Å². The van der Waals surface area contributed by atoms with Gasteiger partial charge in [-0.05, 0) is 36.1 Å². The molecule has 0 radical (unpaired) electrons. The normalized spacial score (nSPS) is 15.8. The van der Waals surface area contributed by atoms with Crippen LogP contribution in [0.4, 0.5) is 26.3 Å². The molecule has 4 rings (SSSR count). The number of benzene rings is 2. The zero-order chi connectivity index (χ0) is 21.5. The smallest absolute Gasteiger partial charge is 0.166 e. The van der Waals surface area contributed by atoms with Gasteiger partial charge in [0.2, 0.25) is 0 Å². The van der Waals surface area contributed by atoms with Crippen molar-refractivity contribution in [2.75, 3.05) is 0 Å². The van der Waals surface area contributed by atoms with Crippen LogP contribution in [0.2, 0.25) is 0 Å². The van der Waals surface area contributed by atoms with Crippen LogP contribution in [0.3, 0.4) is 0 Å². The standard InChI is InChI=1S/C24H21F6.Zr/c25-23(26,27)19-12-18(13-20(14-19)24(28,29)30)21-8-4-7-17-10-16(11-22(17)21)9-15-5-2-1-3-6-15;/h4,7-8,10-15H,1-3,5-6,9H2;/q-1;. The predicted molar refractivity (Wildman–Crippen MR) is 105 cm³/mol. The monoisotopic (exact) mass is 513 g/mol. The Morgan fingerprint density at radius 1 is 0.806 bits per heavy atom. The van der Waals surface area contributed by atoms with Crippen LogP contribution < -0.4 is 0 Å². The summed E-state index contributed by atoms with van der Waals surface area (Å²) < 4.78 is 79.6. The van der Waals surface area contributed by atoms with E-state index in [1.54, 1.807) is 12.1 Å². The molecule has 0 bridgehead atoms. The summed E-state index contributed by atoms with van der Waals surface area (Å²) in [5.74, 6) is 0.587. The third-order valence-corrected chi connectivity index (χ3v) is 5.96. The Morgan fingerprint density at radius 3 is 2.00 bits per heavy atom. The van der Waals surface area contributed by atoms with Crippen LogP contribution in [-0.4, -0.2) is 0 Å². The third-order valence-electron chi connectivity index (χ3n) is 5.96. The summed E-state index contributed by atoms with van der Waals surface area (Å²) in [5.41, 5.74) is -1.18. The predicted octanol–water partition coefficient (Wildman–Crippen LogP) is 8.38. The molecule has 0 N–H and O–H groups in total. The van der Waals surface area contributed by atoms with E-state index >= 15 is 0 Å². The molecule has 0 aromatic heterocycles. The Kier molecular flexibility index (Phi) is 7.15. The number of hydrogen-bond donors (Lipinski definition) is 0. The van der Waals surface area contributed by atoms with Gasteiger partial charge in [0.1, 0.15) is 0 Å². The van der Waals surface area contributed by atoms with Crippen molar-refractivity contribution in [3.63, 3.8) is 0 Å². The second-order valence-corrected chi connectivity index (χ2v) is 8.17. The Hall–Kier alpha value is -1.49. The van der Waals surface area contributed by atoms with Crippen molar-refractivity contribution in [3.05, 3.63) is 65.2 Å². The van der Waals surface area contributed by atoms with Gasteiger partial charge in [0.25, 0.3) is 0 Å². The molecule has 0 spiro atoms. The summed E-state index contributed by atoms with van der Waals surface area (Å²) in [6, 6.07) is 10.8. The molecule has 1 aliphatic carbocycles. The van der Waals surface area contributed by atoms with Crippen LogP contribution in [-0.2, 0) is 45.0 Å². The molecule has 3 aromatic rings. The van der Waals surface area contributed by atoms with Crippen molar-refractivity contribution in [2.24, 2.45) is 5.92 Å². The second kappa shape index (κ2) is 9.17. The average Bonchev–Trinajstić information content (AvgIpc) is 3.09. The van der Waals surface area contributed by atoms with Gasteiger partial charge in [0, 0.05) is 26.2 Å². The maximum Gasteiger partial charge on any atom is 0.416 e. The van der Waals surface area contributed by atoms with E-state index in [9.17, 15) is 26.3 Å². The Bertz CT molecular complexity index is 1010. The molecule has 0 saturated heterocycles. The van der Waals surface area contributed by atoms with Crippen molar-refractivity contribution in [3.8, 4) is 11.1 Å². The van der Waals surface area contributed by atoms with Gasteiger partial charge in [-0.25, -0.2) is 0 Å². The summed E-state index contributed by atoms with van der Waals surface area (Å²) in [6.45, 7) is 0. The molecule has 0 heterocycles. The number of halogens is 6. The first-order valence-corrected chi connectivity index (χ1v) is 10.1. The van der Waals surface area contributed by atoms with Crippen LogP contribution >= 0.6 is 0 Å². The number of alkyl halides is 6. The number of rotatable bonds is 3. The van der Waals surface area contributed by atoms with Gasteiger partial charge in [-0.2, -0.15) is 32.4 Å². The maximum absolute atomic E-state index is 13.3. The third kappa shape index (κ3) is 5.47. The van der Waals surface area contributed by atoms with Crippen molar-refractivity contribution >= 4 is 10.8 Å². The molecule has 1 saturated carbocycles.